The Morgan fingerprint density at radius 2 is 0.806 bits per heavy atom. The summed E-state index contributed by atoms with van der Waals surface area (Å²) in [5, 5.41) is 0. The van der Waals surface area contributed by atoms with Crippen LogP contribution in [-0.2, 0) is 9.47 Å². The molecule has 0 aliphatic heterocycles. The summed E-state index contributed by atoms with van der Waals surface area (Å²) in [5.41, 5.74) is 0. The van der Waals surface area contributed by atoms with Crippen molar-refractivity contribution in [2.45, 2.75) is 160 Å². The zero-order valence-corrected chi connectivity index (χ0v) is 27.8. The van der Waals surface area contributed by atoms with Crippen molar-refractivity contribution in [1.82, 2.24) is 0 Å². The van der Waals surface area contributed by atoms with E-state index in [9.17, 15) is 0 Å². The van der Waals surface area contributed by atoms with Crippen molar-refractivity contribution >= 4 is 9.52 Å². The molecule has 0 radical (unpaired) electrons. The fraction of sp³-hybridized carbons (Fsp3) is 1.00. The molecule has 3 nitrogen and oxygen atoms in total. The van der Waals surface area contributed by atoms with Gasteiger partial charge in [0.2, 0.25) is 0 Å². The number of hydrogen-bond donors (Lipinski definition) is 0. The Bertz CT molecular complexity index is 408. The van der Waals surface area contributed by atoms with Gasteiger partial charge in [-0.15, -0.1) is 0 Å². The third-order valence-corrected chi connectivity index (χ3v) is 9.89. The molecule has 0 aromatic rings. The van der Waals surface area contributed by atoms with Gasteiger partial charge in [-0.3, -0.25) is 0 Å². The molecule has 220 valence electrons. The number of rotatable bonds is 29. The zero-order valence-electron chi connectivity index (χ0n) is 25.6. The van der Waals surface area contributed by atoms with Crippen LogP contribution in [0.15, 0.2) is 0 Å². The molecule has 0 aromatic heterocycles. The van der Waals surface area contributed by atoms with Crippen molar-refractivity contribution < 1.29 is 26.4 Å². The molecule has 0 saturated carbocycles. The van der Waals surface area contributed by atoms with Gasteiger partial charge in [0.25, 0.3) is 0 Å². The molecule has 0 N–H and O–H groups in total. The van der Waals surface area contributed by atoms with Gasteiger partial charge in [0.1, 0.15) is 5.91 Å². The summed E-state index contributed by atoms with van der Waals surface area (Å²) in [7, 11) is 8.21. The summed E-state index contributed by atoms with van der Waals surface area (Å²) in [6.45, 7) is 5.02. The number of nitrogens with zero attached hydrogens (tertiary/aromatic N) is 1. The maximum Gasteiger partial charge on any atom is 0.134 e. The van der Waals surface area contributed by atoms with Crippen LogP contribution in [0.5, 0.6) is 0 Å². The van der Waals surface area contributed by atoms with E-state index >= 15 is 0 Å². The average molecular weight is 550 g/mol. The molecule has 0 aliphatic carbocycles. The topological polar surface area (TPSA) is 18.5 Å². The molecule has 0 saturated heterocycles. The molecular formula is C31H68ClNO2Si. The molecule has 5 heteroatoms. The molecule has 0 amide bonds. The Morgan fingerprint density at radius 3 is 1.14 bits per heavy atom. The molecular weight excluding hydrogens is 482 g/mol. The monoisotopic (exact) mass is 549 g/mol. The van der Waals surface area contributed by atoms with E-state index in [-0.39, 0.29) is 27.8 Å². The van der Waals surface area contributed by atoms with Crippen LogP contribution in [0.25, 0.3) is 0 Å². The molecule has 0 heterocycles. The first kappa shape index (κ1) is 38.5. The highest BCUT2D eigenvalue weighted by Gasteiger charge is 2.13. The number of hydrogen-bond acceptors (Lipinski definition) is 2. The fourth-order valence-electron chi connectivity index (χ4n) is 5.27. The van der Waals surface area contributed by atoms with Crippen LogP contribution in [0.1, 0.15) is 148 Å². The SMILES string of the molecule is CCCCCCCCCCCCCCCCCC[N+](C)(C)CCCCCCCC[SiH2]C(OC)OC.[Cl-]. The van der Waals surface area contributed by atoms with Gasteiger partial charge in [-0.2, -0.15) is 0 Å². The fourth-order valence-corrected chi connectivity index (χ4v) is 6.71. The summed E-state index contributed by atoms with van der Waals surface area (Å²) in [6, 6.07) is 1.36. The second-order valence-corrected chi connectivity index (χ2v) is 13.8. The highest BCUT2D eigenvalue weighted by Crippen LogP contribution is 2.15. The summed E-state index contributed by atoms with van der Waals surface area (Å²) in [5.74, 6) is 0.129. The second-order valence-electron chi connectivity index (χ2n) is 11.9. The maximum atomic E-state index is 5.31. The van der Waals surface area contributed by atoms with E-state index in [1.54, 1.807) is 14.2 Å². The highest BCUT2D eigenvalue weighted by atomic mass is 35.5. The van der Waals surface area contributed by atoms with Crippen molar-refractivity contribution in [2.24, 2.45) is 0 Å². The number of unbranched alkanes of at least 4 members (excludes halogenated alkanes) is 20. The molecule has 0 rings (SSSR count). The molecule has 0 atom stereocenters. The summed E-state index contributed by atoms with van der Waals surface area (Å²) in [4.78, 5) is 0. The molecule has 0 spiro atoms. The summed E-state index contributed by atoms with van der Waals surface area (Å²) >= 11 is 0. The van der Waals surface area contributed by atoms with Crippen LogP contribution in [-0.4, -0.2) is 61.3 Å². The van der Waals surface area contributed by atoms with Gasteiger partial charge < -0.3 is 26.4 Å². The van der Waals surface area contributed by atoms with Crippen molar-refractivity contribution in [3.05, 3.63) is 0 Å². The minimum absolute atomic E-state index is 0. The minimum atomic E-state index is -0.210. The molecule has 0 unspecified atom stereocenters. The number of halogens is 1. The first-order valence-electron chi connectivity index (χ1n) is 15.9. The number of ether oxygens (including phenoxy) is 2. The quantitative estimate of drug-likeness (QED) is 0.0505. The first-order valence-corrected chi connectivity index (χ1v) is 17.7. The third-order valence-electron chi connectivity index (χ3n) is 7.85. The van der Waals surface area contributed by atoms with E-state index in [4.69, 9.17) is 9.47 Å². The van der Waals surface area contributed by atoms with Gasteiger partial charge in [0.05, 0.1) is 36.7 Å². The van der Waals surface area contributed by atoms with E-state index in [1.807, 2.05) is 0 Å². The summed E-state index contributed by atoms with van der Waals surface area (Å²) in [6.07, 6.45) is 31.7. The van der Waals surface area contributed by atoms with E-state index < -0.39 is 0 Å². The average Bonchev–Trinajstić information content (AvgIpc) is 2.85. The number of methoxy groups -OCH3 is 2. The predicted molar refractivity (Wildman–Crippen MR) is 160 cm³/mol. The van der Waals surface area contributed by atoms with Crippen molar-refractivity contribution in [1.29, 1.82) is 0 Å². The van der Waals surface area contributed by atoms with Gasteiger partial charge in [-0.05, 0) is 25.7 Å². The van der Waals surface area contributed by atoms with E-state index in [2.05, 4.69) is 21.0 Å². The van der Waals surface area contributed by atoms with Gasteiger partial charge in [-0.1, -0.05) is 129 Å². The molecule has 0 aromatic carbocycles. The van der Waals surface area contributed by atoms with E-state index in [0.717, 1.165) is 0 Å². The van der Waals surface area contributed by atoms with Crippen molar-refractivity contribution in [3.63, 3.8) is 0 Å². The lowest BCUT2D eigenvalue weighted by Gasteiger charge is -2.30. The Morgan fingerprint density at radius 1 is 0.500 bits per heavy atom. The maximum absolute atomic E-state index is 5.31. The first-order chi connectivity index (χ1) is 17.1. The molecule has 0 aliphatic rings. The smallest absolute Gasteiger partial charge is 0.134 e. The standard InChI is InChI=1S/C31H68NO2Si.ClH/c1-6-7-8-9-10-11-12-13-14-15-16-17-18-19-22-25-28-32(2,3)29-26-23-20-21-24-27-30-35-31(33-4)34-5;/h31H,6-30,35H2,1-5H3;1H/q+1;/p-1. The largest absolute Gasteiger partial charge is 1.00 e. The number of quaternary nitrogens is 1. The predicted octanol–water partition coefficient (Wildman–Crippen LogP) is 5.83. The Labute approximate surface area is 237 Å². The van der Waals surface area contributed by atoms with Crippen LogP contribution in [0.4, 0.5) is 0 Å². The lowest BCUT2D eigenvalue weighted by atomic mass is 10.0. The van der Waals surface area contributed by atoms with E-state index in [1.165, 1.54) is 165 Å². The Hall–Kier alpha value is 0.387. The zero-order chi connectivity index (χ0) is 25.9. The highest BCUT2D eigenvalue weighted by molar-refractivity contribution is 6.36. The van der Waals surface area contributed by atoms with Gasteiger partial charge in [-0.25, -0.2) is 0 Å². The normalized spacial score (nSPS) is 12.2. The van der Waals surface area contributed by atoms with Gasteiger partial charge in [0.15, 0.2) is 0 Å². The third kappa shape index (κ3) is 29.0. The lowest BCUT2D eigenvalue weighted by Crippen LogP contribution is -3.00. The van der Waals surface area contributed by atoms with Crippen LogP contribution in [0.3, 0.4) is 0 Å². The van der Waals surface area contributed by atoms with Crippen LogP contribution in [0.2, 0.25) is 6.04 Å². The van der Waals surface area contributed by atoms with Gasteiger partial charge in [0, 0.05) is 14.2 Å². The van der Waals surface area contributed by atoms with Crippen LogP contribution in [0, 0.1) is 0 Å². The molecule has 0 fully saturated rings. The molecule has 0 bridgehead atoms. The minimum Gasteiger partial charge on any atom is -1.00 e. The van der Waals surface area contributed by atoms with Crippen LogP contribution < -0.4 is 12.4 Å². The lowest BCUT2D eigenvalue weighted by molar-refractivity contribution is -0.890. The van der Waals surface area contributed by atoms with Gasteiger partial charge >= 0.3 is 0 Å². The summed E-state index contributed by atoms with van der Waals surface area (Å²) < 4.78 is 11.8. The molecule has 36 heavy (non-hydrogen) atoms. The Kier molecular flexibility index (Phi) is 32.0. The van der Waals surface area contributed by atoms with Crippen molar-refractivity contribution in [3.8, 4) is 0 Å². The second kappa shape index (κ2) is 29.9. The van der Waals surface area contributed by atoms with E-state index in [0.29, 0.717) is 0 Å². The Balaban J connectivity index is 0. The van der Waals surface area contributed by atoms with Crippen molar-refractivity contribution in [2.75, 3.05) is 41.4 Å². The van der Waals surface area contributed by atoms with Crippen LogP contribution >= 0.6 is 0 Å².